The molecule has 15 heavy (non-hydrogen) atoms. The van der Waals surface area contributed by atoms with Gasteiger partial charge in [0.15, 0.2) is 0 Å². The van der Waals surface area contributed by atoms with Crippen LogP contribution in [0, 0.1) is 0 Å². The number of aromatic amines is 1. The fourth-order valence-corrected chi connectivity index (χ4v) is 1.84. The van der Waals surface area contributed by atoms with Crippen molar-refractivity contribution >= 4 is 0 Å². The standard InChI is InChI=1S/C14H17N/c1-12(14-9-10-15-11-14)7-8-13-5-3-2-4-6-13/h2-6,9-12,15H,7-8H2,1H3. The quantitative estimate of drug-likeness (QED) is 0.771. The van der Waals surface area contributed by atoms with E-state index in [1.54, 1.807) is 0 Å². The maximum atomic E-state index is 3.11. The van der Waals surface area contributed by atoms with Crippen LogP contribution in [0.3, 0.4) is 0 Å². The van der Waals surface area contributed by atoms with Crippen molar-refractivity contribution in [2.45, 2.75) is 25.7 Å². The van der Waals surface area contributed by atoms with Crippen LogP contribution in [-0.2, 0) is 6.42 Å². The Hall–Kier alpha value is -1.50. The average Bonchev–Trinajstić information content (AvgIpc) is 2.81. The summed E-state index contributed by atoms with van der Waals surface area (Å²) in [6.07, 6.45) is 6.46. The molecule has 1 atom stereocenters. The Bertz CT molecular complexity index is 375. The number of nitrogens with one attached hydrogen (secondary N) is 1. The second kappa shape index (κ2) is 4.83. The van der Waals surface area contributed by atoms with E-state index in [2.05, 4.69) is 54.5 Å². The molecule has 0 saturated carbocycles. The molecule has 78 valence electrons. The van der Waals surface area contributed by atoms with E-state index in [0.717, 1.165) is 6.42 Å². The zero-order valence-electron chi connectivity index (χ0n) is 9.11. The number of hydrogen-bond donors (Lipinski definition) is 1. The van der Waals surface area contributed by atoms with E-state index >= 15 is 0 Å². The van der Waals surface area contributed by atoms with Gasteiger partial charge in [0.25, 0.3) is 0 Å². The van der Waals surface area contributed by atoms with Crippen LogP contribution in [0.5, 0.6) is 0 Å². The number of benzene rings is 1. The molecular weight excluding hydrogens is 182 g/mol. The highest BCUT2D eigenvalue weighted by molar-refractivity contribution is 5.17. The Kier molecular flexibility index (Phi) is 3.23. The molecule has 0 fully saturated rings. The third-order valence-corrected chi connectivity index (χ3v) is 2.90. The van der Waals surface area contributed by atoms with Gasteiger partial charge in [-0.25, -0.2) is 0 Å². The molecule has 0 aliphatic rings. The monoisotopic (exact) mass is 199 g/mol. The minimum atomic E-state index is 0.636. The molecule has 0 radical (unpaired) electrons. The molecule has 0 aliphatic heterocycles. The molecule has 1 heterocycles. The van der Waals surface area contributed by atoms with Gasteiger partial charge in [0.05, 0.1) is 0 Å². The fraction of sp³-hybridized carbons (Fsp3) is 0.286. The minimum absolute atomic E-state index is 0.636. The van der Waals surface area contributed by atoms with Crippen molar-refractivity contribution < 1.29 is 0 Å². The molecule has 0 amide bonds. The molecule has 0 aliphatic carbocycles. The minimum Gasteiger partial charge on any atom is -0.367 e. The number of aromatic nitrogens is 1. The molecule has 2 rings (SSSR count). The molecule has 1 aromatic heterocycles. The van der Waals surface area contributed by atoms with Gasteiger partial charge in [0.2, 0.25) is 0 Å². The maximum absolute atomic E-state index is 3.11. The van der Waals surface area contributed by atoms with Gasteiger partial charge in [-0.1, -0.05) is 37.3 Å². The van der Waals surface area contributed by atoms with Gasteiger partial charge in [-0.05, 0) is 36.0 Å². The predicted molar refractivity (Wildman–Crippen MR) is 64.0 cm³/mol. The third kappa shape index (κ3) is 2.72. The highest BCUT2D eigenvalue weighted by Crippen LogP contribution is 2.20. The smallest absolute Gasteiger partial charge is 0.00400 e. The molecular formula is C14H17N. The van der Waals surface area contributed by atoms with Crippen LogP contribution >= 0.6 is 0 Å². The molecule has 1 heteroatoms. The van der Waals surface area contributed by atoms with E-state index in [1.165, 1.54) is 17.5 Å². The average molecular weight is 199 g/mol. The highest BCUT2D eigenvalue weighted by Gasteiger charge is 2.05. The van der Waals surface area contributed by atoms with Gasteiger partial charge in [0, 0.05) is 12.4 Å². The Labute approximate surface area is 91.2 Å². The van der Waals surface area contributed by atoms with Crippen LogP contribution in [0.2, 0.25) is 0 Å². The lowest BCUT2D eigenvalue weighted by atomic mass is 9.96. The van der Waals surface area contributed by atoms with E-state index in [-0.39, 0.29) is 0 Å². The summed E-state index contributed by atoms with van der Waals surface area (Å²) in [5.41, 5.74) is 2.84. The first-order valence-corrected chi connectivity index (χ1v) is 5.53. The van der Waals surface area contributed by atoms with Crippen LogP contribution in [0.4, 0.5) is 0 Å². The van der Waals surface area contributed by atoms with E-state index in [9.17, 15) is 0 Å². The Morgan fingerprint density at radius 2 is 1.93 bits per heavy atom. The first-order valence-electron chi connectivity index (χ1n) is 5.53. The maximum Gasteiger partial charge on any atom is 0.00400 e. The largest absolute Gasteiger partial charge is 0.367 e. The van der Waals surface area contributed by atoms with Crippen molar-refractivity contribution in [1.82, 2.24) is 4.98 Å². The van der Waals surface area contributed by atoms with Gasteiger partial charge in [0.1, 0.15) is 0 Å². The zero-order valence-corrected chi connectivity index (χ0v) is 9.11. The molecule has 1 unspecified atom stereocenters. The second-order valence-corrected chi connectivity index (χ2v) is 4.07. The van der Waals surface area contributed by atoms with Gasteiger partial charge < -0.3 is 4.98 Å². The predicted octanol–water partition coefficient (Wildman–Crippen LogP) is 3.75. The van der Waals surface area contributed by atoms with E-state index in [1.807, 2.05) is 6.20 Å². The summed E-state index contributed by atoms with van der Waals surface area (Å²) in [5, 5.41) is 0. The molecule has 0 bridgehead atoms. The van der Waals surface area contributed by atoms with Gasteiger partial charge in [-0.2, -0.15) is 0 Å². The topological polar surface area (TPSA) is 15.8 Å². The summed E-state index contributed by atoms with van der Waals surface area (Å²) >= 11 is 0. The second-order valence-electron chi connectivity index (χ2n) is 4.07. The summed E-state index contributed by atoms with van der Waals surface area (Å²) in [4.78, 5) is 3.11. The van der Waals surface area contributed by atoms with Crippen molar-refractivity contribution in [3.63, 3.8) is 0 Å². The molecule has 0 saturated heterocycles. The number of aryl methyl sites for hydroxylation is 1. The first-order chi connectivity index (χ1) is 7.36. The summed E-state index contributed by atoms with van der Waals surface area (Å²) in [7, 11) is 0. The summed E-state index contributed by atoms with van der Waals surface area (Å²) < 4.78 is 0. The van der Waals surface area contributed by atoms with Crippen molar-refractivity contribution in [3.05, 3.63) is 59.9 Å². The van der Waals surface area contributed by atoms with Gasteiger partial charge in [-0.3, -0.25) is 0 Å². The van der Waals surface area contributed by atoms with Gasteiger partial charge in [-0.15, -0.1) is 0 Å². The molecule has 1 nitrogen and oxygen atoms in total. The number of rotatable bonds is 4. The van der Waals surface area contributed by atoms with Crippen LogP contribution in [0.25, 0.3) is 0 Å². The summed E-state index contributed by atoms with van der Waals surface area (Å²) in [5.74, 6) is 0.636. The highest BCUT2D eigenvalue weighted by atomic mass is 14.6. The van der Waals surface area contributed by atoms with E-state index in [0.29, 0.717) is 5.92 Å². The normalized spacial score (nSPS) is 12.6. The van der Waals surface area contributed by atoms with Crippen molar-refractivity contribution in [3.8, 4) is 0 Å². The Balaban J connectivity index is 1.89. The van der Waals surface area contributed by atoms with E-state index in [4.69, 9.17) is 0 Å². The van der Waals surface area contributed by atoms with E-state index < -0.39 is 0 Å². The zero-order chi connectivity index (χ0) is 10.5. The SMILES string of the molecule is CC(CCc1ccccc1)c1cc[nH]c1. The lowest BCUT2D eigenvalue weighted by Gasteiger charge is -2.09. The van der Waals surface area contributed by atoms with Gasteiger partial charge >= 0.3 is 0 Å². The lowest BCUT2D eigenvalue weighted by molar-refractivity contribution is 0.680. The van der Waals surface area contributed by atoms with Crippen LogP contribution < -0.4 is 0 Å². The summed E-state index contributed by atoms with van der Waals surface area (Å²) in [6, 6.07) is 12.8. The number of H-pyrrole nitrogens is 1. The summed E-state index contributed by atoms with van der Waals surface area (Å²) in [6.45, 7) is 2.28. The molecule has 0 spiro atoms. The van der Waals surface area contributed by atoms with Crippen molar-refractivity contribution in [2.75, 3.05) is 0 Å². The van der Waals surface area contributed by atoms with Crippen LogP contribution in [0.15, 0.2) is 48.8 Å². The fourth-order valence-electron chi connectivity index (χ4n) is 1.84. The molecule has 1 N–H and O–H groups in total. The van der Waals surface area contributed by atoms with Crippen LogP contribution in [-0.4, -0.2) is 4.98 Å². The first kappa shape index (κ1) is 10.0. The van der Waals surface area contributed by atoms with Crippen LogP contribution in [0.1, 0.15) is 30.4 Å². The molecule has 2 aromatic rings. The lowest BCUT2D eigenvalue weighted by Crippen LogP contribution is -1.94. The van der Waals surface area contributed by atoms with Crippen molar-refractivity contribution in [1.29, 1.82) is 0 Å². The molecule has 1 aromatic carbocycles. The number of hydrogen-bond acceptors (Lipinski definition) is 0. The third-order valence-electron chi connectivity index (χ3n) is 2.90. The van der Waals surface area contributed by atoms with Crippen molar-refractivity contribution in [2.24, 2.45) is 0 Å². The Morgan fingerprint density at radius 1 is 1.13 bits per heavy atom. The Morgan fingerprint density at radius 3 is 2.60 bits per heavy atom.